The summed E-state index contributed by atoms with van der Waals surface area (Å²) >= 11 is 1.30. The topological polar surface area (TPSA) is 39.9 Å². The molecule has 0 unspecified atom stereocenters. The van der Waals surface area contributed by atoms with E-state index in [0.717, 1.165) is 23.4 Å². The second-order valence-corrected chi connectivity index (χ2v) is 6.40. The van der Waals surface area contributed by atoms with E-state index in [9.17, 15) is 8.78 Å². The molecule has 1 aromatic heterocycles. The lowest BCUT2D eigenvalue weighted by Crippen LogP contribution is -2.01. The molecule has 0 saturated carbocycles. The number of methoxy groups -OCH3 is 1. The summed E-state index contributed by atoms with van der Waals surface area (Å²) in [6, 6.07) is 10.9. The lowest BCUT2D eigenvalue weighted by atomic mass is 10.2. The summed E-state index contributed by atoms with van der Waals surface area (Å²) in [5.41, 5.74) is 1.16. The average Bonchev–Trinajstić information content (AvgIpc) is 3.05. The van der Waals surface area contributed by atoms with Gasteiger partial charge in [-0.1, -0.05) is 17.8 Å². The molecule has 0 saturated heterocycles. The van der Waals surface area contributed by atoms with E-state index in [1.807, 2.05) is 28.8 Å². The molecule has 134 valence electrons. The summed E-state index contributed by atoms with van der Waals surface area (Å²) in [4.78, 5) is 0. The zero-order valence-corrected chi connectivity index (χ0v) is 15.0. The van der Waals surface area contributed by atoms with Crippen LogP contribution in [0.4, 0.5) is 8.78 Å². The van der Waals surface area contributed by atoms with Gasteiger partial charge >= 0.3 is 0 Å². The van der Waals surface area contributed by atoms with Crippen LogP contribution >= 0.6 is 11.8 Å². The molecule has 4 nitrogen and oxygen atoms in total. The third kappa shape index (κ3) is 3.94. The Balaban J connectivity index is 1.86. The predicted molar refractivity (Wildman–Crippen MR) is 98.1 cm³/mol. The van der Waals surface area contributed by atoms with Crippen LogP contribution in [0.25, 0.3) is 11.4 Å². The Kier molecular flexibility index (Phi) is 5.68. The molecule has 0 N–H and O–H groups in total. The van der Waals surface area contributed by atoms with Crippen LogP contribution in [0.2, 0.25) is 0 Å². The number of rotatable bonds is 7. The van der Waals surface area contributed by atoms with Crippen molar-refractivity contribution in [2.75, 3.05) is 7.11 Å². The minimum Gasteiger partial charge on any atom is -0.497 e. The number of allylic oxidation sites excluding steroid dienone is 1. The lowest BCUT2D eigenvalue weighted by Gasteiger charge is -2.09. The van der Waals surface area contributed by atoms with Crippen molar-refractivity contribution in [3.8, 4) is 17.1 Å². The molecule has 0 amide bonds. The van der Waals surface area contributed by atoms with Crippen molar-refractivity contribution >= 4 is 11.8 Å². The smallest absolute Gasteiger partial charge is 0.192 e. The standard InChI is InChI=1S/C19H17F2N3OS/c1-3-10-24-18(13-4-7-16(25-2)8-5-13)22-23-19(24)26-12-14-11-15(20)6-9-17(14)21/h3-9,11H,1,10,12H2,2H3. The molecule has 7 heteroatoms. The largest absolute Gasteiger partial charge is 0.497 e. The first-order valence-electron chi connectivity index (χ1n) is 7.87. The molecule has 26 heavy (non-hydrogen) atoms. The van der Waals surface area contributed by atoms with E-state index in [1.54, 1.807) is 13.2 Å². The highest BCUT2D eigenvalue weighted by Crippen LogP contribution is 2.28. The van der Waals surface area contributed by atoms with E-state index in [2.05, 4.69) is 16.8 Å². The van der Waals surface area contributed by atoms with Crippen LogP contribution in [0.3, 0.4) is 0 Å². The Morgan fingerprint density at radius 3 is 2.62 bits per heavy atom. The van der Waals surface area contributed by atoms with Crippen molar-refractivity contribution in [2.24, 2.45) is 0 Å². The van der Waals surface area contributed by atoms with Gasteiger partial charge in [0.1, 0.15) is 17.4 Å². The fourth-order valence-electron chi connectivity index (χ4n) is 2.44. The van der Waals surface area contributed by atoms with Crippen molar-refractivity contribution in [3.63, 3.8) is 0 Å². The van der Waals surface area contributed by atoms with Crippen LogP contribution in [-0.4, -0.2) is 21.9 Å². The predicted octanol–water partition coefficient (Wildman–Crippen LogP) is 4.71. The van der Waals surface area contributed by atoms with E-state index in [0.29, 0.717) is 17.5 Å². The average molecular weight is 373 g/mol. The van der Waals surface area contributed by atoms with E-state index >= 15 is 0 Å². The Hall–Kier alpha value is -2.67. The Morgan fingerprint density at radius 2 is 1.92 bits per heavy atom. The molecule has 0 fully saturated rings. The number of thioether (sulfide) groups is 1. The number of nitrogens with zero attached hydrogens (tertiary/aromatic N) is 3. The highest BCUT2D eigenvalue weighted by molar-refractivity contribution is 7.98. The number of aromatic nitrogens is 3. The number of benzene rings is 2. The zero-order valence-electron chi connectivity index (χ0n) is 14.2. The van der Waals surface area contributed by atoms with Crippen LogP contribution in [0, 0.1) is 11.6 Å². The quantitative estimate of drug-likeness (QED) is 0.444. The minimum atomic E-state index is -0.464. The van der Waals surface area contributed by atoms with Crippen LogP contribution < -0.4 is 4.74 Å². The van der Waals surface area contributed by atoms with Crippen molar-refractivity contribution in [1.82, 2.24) is 14.8 Å². The fourth-order valence-corrected chi connectivity index (χ4v) is 3.36. The molecule has 1 heterocycles. The molecular weight excluding hydrogens is 356 g/mol. The van der Waals surface area contributed by atoms with Gasteiger partial charge in [-0.05, 0) is 42.5 Å². The zero-order chi connectivity index (χ0) is 18.5. The molecule has 0 aliphatic carbocycles. The molecule has 0 bridgehead atoms. The fraction of sp³-hybridized carbons (Fsp3) is 0.158. The van der Waals surface area contributed by atoms with Crippen molar-refractivity contribution in [3.05, 3.63) is 72.3 Å². The van der Waals surface area contributed by atoms with Gasteiger partial charge in [-0.25, -0.2) is 8.78 Å². The van der Waals surface area contributed by atoms with E-state index in [-0.39, 0.29) is 11.3 Å². The molecule has 3 aromatic rings. The van der Waals surface area contributed by atoms with E-state index in [4.69, 9.17) is 4.74 Å². The summed E-state index contributed by atoms with van der Waals surface area (Å²) in [7, 11) is 1.61. The van der Waals surface area contributed by atoms with Crippen molar-refractivity contribution < 1.29 is 13.5 Å². The van der Waals surface area contributed by atoms with Crippen LogP contribution in [0.15, 0.2) is 60.3 Å². The number of ether oxygens (including phenoxy) is 1. The third-order valence-corrected chi connectivity index (χ3v) is 4.76. The molecule has 2 aromatic carbocycles. The second-order valence-electron chi connectivity index (χ2n) is 5.46. The van der Waals surface area contributed by atoms with E-state index < -0.39 is 11.6 Å². The number of hydrogen-bond donors (Lipinski definition) is 0. The SMILES string of the molecule is C=CCn1c(SCc2cc(F)ccc2F)nnc1-c1ccc(OC)cc1. The van der Waals surface area contributed by atoms with Gasteiger partial charge < -0.3 is 4.74 Å². The van der Waals surface area contributed by atoms with Crippen LogP contribution in [0.5, 0.6) is 5.75 Å². The summed E-state index contributed by atoms with van der Waals surface area (Å²) < 4.78 is 34.2. The Labute approximate surface area is 154 Å². The molecule has 0 aliphatic heterocycles. The maximum absolute atomic E-state index is 13.8. The van der Waals surface area contributed by atoms with Gasteiger partial charge in [-0.2, -0.15) is 0 Å². The molecule has 0 spiro atoms. The van der Waals surface area contributed by atoms with Crippen molar-refractivity contribution in [1.29, 1.82) is 0 Å². The molecule has 0 aliphatic rings. The molecule has 0 atom stereocenters. The van der Waals surface area contributed by atoms with Gasteiger partial charge in [0.2, 0.25) is 0 Å². The first-order chi connectivity index (χ1) is 12.6. The normalized spacial score (nSPS) is 10.7. The van der Waals surface area contributed by atoms with Gasteiger partial charge in [0.25, 0.3) is 0 Å². The highest BCUT2D eigenvalue weighted by Gasteiger charge is 2.15. The van der Waals surface area contributed by atoms with Crippen molar-refractivity contribution in [2.45, 2.75) is 17.5 Å². The highest BCUT2D eigenvalue weighted by atomic mass is 32.2. The lowest BCUT2D eigenvalue weighted by molar-refractivity contribution is 0.415. The van der Waals surface area contributed by atoms with Gasteiger partial charge in [-0.3, -0.25) is 4.57 Å². The summed E-state index contributed by atoms with van der Waals surface area (Å²) in [5.74, 6) is 0.772. The Morgan fingerprint density at radius 1 is 1.15 bits per heavy atom. The summed E-state index contributed by atoms with van der Waals surface area (Å²) in [6.45, 7) is 4.27. The maximum Gasteiger partial charge on any atom is 0.192 e. The van der Waals surface area contributed by atoms with Gasteiger partial charge in [0, 0.05) is 23.4 Å². The summed E-state index contributed by atoms with van der Waals surface area (Å²) in [6.07, 6.45) is 1.74. The first-order valence-corrected chi connectivity index (χ1v) is 8.86. The summed E-state index contributed by atoms with van der Waals surface area (Å²) in [5, 5.41) is 9.06. The molecular formula is C19H17F2N3OS. The maximum atomic E-state index is 13.8. The van der Waals surface area contributed by atoms with E-state index in [1.165, 1.54) is 17.8 Å². The monoisotopic (exact) mass is 373 g/mol. The third-order valence-electron chi connectivity index (χ3n) is 3.74. The van der Waals surface area contributed by atoms with Gasteiger partial charge in [-0.15, -0.1) is 16.8 Å². The minimum absolute atomic E-state index is 0.251. The first kappa shape index (κ1) is 18.1. The number of hydrogen-bond acceptors (Lipinski definition) is 4. The second kappa shape index (κ2) is 8.14. The molecule has 0 radical (unpaired) electrons. The number of halogens is 2. The molecule has 3 rings (SSSR count). The van der Waals surface area contributed by atoms with Gasteiger partial charge in [0.05, 0.1) is 7.11 Å². The Bertz CT molecular complexity index is 910. The van der Waals surface area contributed by atoms with Crippen LogP contribution in [-0.2, 0) is 12.3 Å². The van der Waals surface area contributed by atoms with Gasteiger partial charge in [0.15, 0.2) is 11.0 Å². The van der Waals surface area contributed by atoms with Crippen LogP contribution in [0.1, 0.15) is 5.56 Å².